The number of hydrogen-bond acceptors (Lipinski definition) is 1. The molecule has 0 amide bonds. The summed E-state index contributed by atoms with van der Waals surface area (Å²) in [6.07, 6.45) is 0. The van der Waals surface area contributed by atoms with Crippen LogP contribution in [-0.4, -0.2) is 4.57 Å². The van der Waals surface area contributed by atoms with Crippen molar-refractivity contribution in [1.29, 1.82) is 0 Å². The highest BCUT2D eigenvalue weighted by Crippen LogP contribution is 2.56. The molecule has 2 aromatic heterocycles. The van der Waals surface area contributed by atoms with Gasteiger partial charge < -0.3 is 4.57 Å². The Bertz CT molecular complexity index is 1970. The molecule has 0 radical (unpaired) electrons. The van der Waals surface area contributed by atoms with Crippen LogP contribution in [0.25, 0.3) is 59.5 Å². The summed E-state index contributed by atoms with van der Waals surface area (Å²) in [4.78, 5) is 1.48. The molecule has 0 aliphatic heterocycles. The summed E-state index contributed by atoms with van der Waals surface area (Å²) < 4.78 is 3.90. The molecule has 1 aliphatic carbocycles. The Kier molecular flexibility index (Phi) is 3.67. The van der Waals surface area contributed by atoms with Crippen molar-refractivity contribution < 1.29 is 0 Å². The lowest BCUT2D eigenvalue weighted by atomic mass is 9.87. The lowest BCUT2D eigenvalue weighted by Crippen LogP contribution is -2.13. The van der Waals surface area contributed by atoms with Gasteiger partial charge >= 0.3 is 0 Å². The van der Waals surface area contributed by atoms with E-state index in [2.05, 4.69) is 122 Å². The maximum Gasteiger partial charge on any atom is 0.0719 e. The summed E-state index contributed by atoms with van der Waals surface area (Å²) in [6, 6.07) is 37.9. The number of hydrogen-bond donors (Lipinski definition) is 0. The van der Waals surface area contributed by atoms with Crippen LogP contribution in [0, 0.1) is 0 Å². The Labute approximate surface area is 207 Å². The van der Waals surface area contributed by atoms with Crippen LogP contribution in [0.5, 0.6) is 0 Å². The summed E-state index contributed by atoms with van der Waals surface area (Å²) in [6.45, 7) is 4.76. The van der Waals surface area contributed by atoms with Gasteiger partial charge in [0.25, 0.3) is 0 Å². The quantitative estimate of drug-likeness (QED) is 0.227. The van der Waals surface area contributed by atoms with Gasteiger partial charge in [0.15, 0.2) is 0 Å². The van der Waals surface area contributed by atoms with E-state index >= 15 is 0 Å². The lowest BCUT2D eigenvalue weighted by Gasteiger charge is -2.19. The molecule has 35 heavy (non-hydrogen) atoms. The van der Waals surface area contributed by atoms with E-state index in [0.29, 0.717) is 0 Å². The second-order valence-electron chi connectivity index (χ2n) is 10.2. The largest absolute Gasteiger partial charge is 0.307 e. The van der Waals surface area contributed by atoms with Gasteiger partial charge in [-0.15, -0.1) is 11.3 Å². The molecular weight excluding hydrogens is 442 g/mol. The number of fused-ring (bicyclic) bond motifs is 11. The predicted molar refractivity (Wildman–Crippen MR) is 151 cm³/mol. The Morgan fingerprint density at radius 2 is 1.29 bits per heavy atom. The fourth-order valence-corrected chi connectivity index (χ4v) is 7.79. The lowest BCUT2D eigenvalue weighted by molar-refractivity contribution is 0.674. The zero-order chi connectivity index (χ0) is 23.3. The van der Waals surface area contributed by atoms with E-state index in [0.717, 1.165) is 0 Å². The van der Waals surface area contributed by atoms with Gasteiger partial charge in [0.2, 0.25) is 0 Å². The van der Waals surface area contributed by atoms with Gasteiger partial charge in [-0.2, -0.15) is 0 Å². The van der Waals surface area contributed by atoms with Crippen molar-refractivity contribution in [3.05, 3.63) is 114 Å². The van der Waals surface area contributed by atoms with Crippen LogP contribution in [0.4, 0.5) is 0 Å². The Morgan fingerprint density at radius 3 is 2.17 bits per heavy atom. The highest BCUT2D eigenvalue weighted by Gasteiger charge is 2.38. The van der Waals surface area contributed by atoms with Crippen LogP contribution in [0.1, 0.15) is 24.3 Å². The number of para-hydroxylation sites is 1. The summed E-state index contributed by atoms with van der Waals surface area (Å²) in [5, 5.41) is 6.60. The summed E-state index contributed by atoms with van der Waals surface area (Å²) >= 11 is 1.99. The molecule has 0 fully saturated rings. The minimum atomic E-state index is 0.0121. The van der Waals surface area contributed by atoms with Crippen LogP contribution < -0.4 is 0 Å². The van der Waals surface area contributed by atoms with Crippen molar-refractivity contribution in [2.24, 2.45) is 0 Å². The number of benzene rings is 5. The monoisotopic (exact) mass is 465 g/mol. The molecule has 1 aliphatic rings. The van der Waals surface area contributed by atoms with Crippen LogP contribution in [0.15, 0.2) is 103 Å². The molecule has 2 heterocycles. The third-order valence-electron chi connectivity index (χ3n) is 7.92. The second kappa shape index (κ2) is 6.62. The number of thiophene rings is 1. The minimum absolute atomic E-state index is 0.0121. The summed E-state index contributed by atoms with van der Waals surface area (Å²) in [5.74, 6) is 0. The van der Waals surface area contributed by atoms with Crippen molar-refractivity contribution in [2.45, 2.75) is 19.3 Å². The van der Waals surface area contributed by atoms with E-state index in [4.69, 9.17) is 0 Å². The Balaban J connectivity index is 1.62. The third kappa shape index (κ3) is 2.38. The van der Waals surface area contributed by atoms with E-state index < -0.39 is 0 Å². The van der Waals surface area contributed by atoms with E-state index in [1.807, 2.05) is 11.3 Å². The molecule has 0 N–H and O–H groups in total. The maximum atomic E-state index is 2.51. The first-order chi connectivity index (χ1) is 17.1. The summed E-state index contributed by atoms with van der Waals surface area (Å²) in [5.41, 5.74) is 8.12. The van der Waals surface area contributed by atoms with Crippen LogP contribution >= 0.6 is 11.3 Å². The van der Waals surface area contributed by atoms with E-state index in [9.17, 15) is 0 Å². The fraction of sp³-hybridized carbons (Fsp3) is 0.0909. The standard InChI is InChI=1S/C33H23NS/c1-33(2)27-15-9-8-14-25(27)28-26-19-18-24-23-17-16-20-10-6-7-13-22(20)29(23)34(21-11-4-3-5-12-21)30(24)31(26)35-32(28)33/h3-19H,1-2H3. The molecular formula is C33H23NS. The minimum Gasteiger partial charge on any atom is -0.307 e. The SMILES string of the molecule is CC1(C)c2ccccc2-c2c1sc1c2ccc2c3ccc4ccccc4c3n(-c3ccccc3)c21. The van der Waals surface area contributed by atoms with Crippen LogP contribution in [0.3, 0.4) is 0 Å². The van der Waals surface area contributed by atoms with Crippen LogP contribution in [-0.2, 0) is 5.41 Å². The van der Waals surface area contributed by atoms with Gasteiger partial charge in [0, 0.05) is 43.1 Å². The molecule has 2 heteroatoms. The molecule has 0 saturated carbocycles. The Hall–Kier alpha value is -3.88. The number of aromatic nitrogens is 1. The highest BCUT2D eigenvalue weighted by atomic mass is 32.1. The van der Waals surface area contributed by atoms with Gasteiger partial charge in [-0.25, -0.2) is 0 Å². The zero-order valence-corrected chi connectivity index (χ0v) is 20.5. The van der Waals surface area contributed by atoms with Crippen molar-refractivity contribution in [3.63, 3.8) is 0 Å². The highest BCUT2D eigenvalue weighted by molar-refractivity contribution is 7.21. The van der Waals surface area contributed by atoms with E-state index in [1.165, 1.54) is 69.9 Å². The topological polar surface area (TPSA) is 4.93 Å². The molecule has 0 unspecified atom stereocenters. The Morgan fingerprint density at radius 1 is 0.600 bits per heavy atom. The predicted octanol–water partition coefficient (Wildman–Crippen LogP) is 9.46. The van der Waals surface area contributed by atoms with Crippen molar-refractivity contribution in [3.8, 4) is 16.8 Å². The molecule has 8 rings (SSSR count). The number of rotatable bonds is 1. The van der Waals surface area contributed by atoms with Gasteiger partial charge in [-0.05, 0) is 28.6 Å². The van der Waals surface area contributed by atoms with Gasteiger partial charge in [-0.1, -0.05) is 105 Å². The second-order valence-corrected chi connectivity index (χ2v) is 11.2. The first kappa shape index (κ1) is 19.4. The van der Waals surface area contributed by atoms with Crippen molar-refractivity contribution in [1.82, 2.24) is 4.57 Å². The normalized spacial score (nSPS) is 14.2. The smallest absolute Gasteiger partial charge is 0.0719 e. The van der Waals surface area contributed by atoms with Gasteiger partial charge in [0.1, 0.15) is 0 Å². The van der Waals surface area contributed by atoms with E-state index in [1.54, 1.807) is 0 Å². The summed E-state index contributed by atoms with van der Waals surface area (Å²) in [7, 11) is 0. The molecule has 0 saturated heterocycles. The molecule has 7 aromatic rings. The van der Waals surface area contributed by atoms with Gasteiger partial charge in [0.05, 0.1) is 15.7 Å². The van der Waals surface area contributed by atoms with Crippen LogP contribution in [0.2, 0.25) is 0 Å². The first-order valence-electron chi connectivity index (χ1n) is 12.2. The molecule has 0 spiro atoms. The molecule has 1 nitrogen and oxygen atoms in total. The molecule has 5 aromatic carbocycles. The fourth-order valence-electron chi connectivity index (χ4n) is 6.32. The van der Waals surface area contributed by atoms with Crippen molar-refractivity contribution in [2.75, 3.05) is 0 Å². The van der Waals surface area contributed by atoms with Gasteiger partial charge in [-0.3, -0.25) is 0 Å². The number of nitrogens with zero attached hydrogens (tertiary/aromatic N) is 1. The average Bonchev–Trinajstić information content (AvgIpc) is 3.52. The maximum absolute atomic E-state index is 2.51. The molecule has 0 bridgehead atoms. The molecule has 166 valence electrons. The zero-order valence-electron chi connectivity index (χ0n) is 19.7. The average molecular weight is 466 g/mol. The first-order valence-corrected chi connectivity index (χ1v) is 13.0. The van der Waals surface area contributed by atoms with E-state index in [-0.39, 0.29) is 5.41 Å². The van der Waals surface area contributed by atoms with Crippen molar-refractivity contribution >= 4 is 54.0 Å². The molecule has 0 atom stereocenters. The third-order valence-corrected chi connectivity index (χ3v) is 9.46.